The van der Waals surface area contributed by atoms with Gasteiger partial charge in [-0.1, -0.05) is 158 Å². The highest BCUT2D eigenvalue weighted by Gasteiger charge is 2.22. The van der Waals surface area contributed by atoms with Gasteiger partial charge in [-0.05, 0) is 79.0 Å². The molecule has 52 heavy (non-hydrogen) atoms. The maximum Gasteiger partial charge on any atom is 0.160 e. The van der Waals surface area contributed by atoms with Crippen LogP contribution in [0.2, 0.25) is 0 Å². The number of fused-ring (bicyclic) bond motifs is 3. The van der Waals surface area contributed by atoms with Gasteiger partial charge in [-0.25, -0.2) is 9.97 Å². The summed E-state index contributed by atoms with van der Waals surface area (Å²) >= 11 is 0. The molecule has 0 N–H and O–H groups in total. The summed E-state index contributed by atoms with van der Waals surface area (Å²) in [6.07, 6.45) is 3.69. The Balaban J connectivity index is 0.981. The van der Waals surface area contributed by atoms with E-state index in [1.807, 2.05) is 30.5 Å². The van der Waals surface area contributed by atoms with Crippen molar-refractivity contribution in [2.75, 3.05) is 0 Å². The van der Waals surface area contributed by atoms with Crippen molar-refractivity contribution in [2.45, 2.75) is 0 Å². The average molecular weight is 662 g/mol. The summed E-state index contributed by atoms with van der Waals surface area (Å²) in [7, 11) is 0. The molecule has 0 unspecified atom stereocenters. The monoisotopic (exact) mass is 661 g/mol. The Hall–Kier alpha value is -6.97. The molecule has 0 aliphatic heterocycles. The molecule has 0 bridgehead atoms. The molecule has 2 heterocycles. The van der Waals surface area contributed by atoms with Gasteiger partial charge in [0.05, 0.1) is 11.4 Å². The summed E-state index contributed by atoms with van der Waals surface area (Å²) in [4.78, 5) is 14.4. The van der Waals surface area contributed by atoms with Crippen LogP contribution in [0.15, 0.2) is 188 Å². The predicted octanol–water partition coefficient (Wildman–Crippen LogP) is 12.7. The van der Waals surface area contributed by atoms with Crippen molar-refractivity contribution in [1.82, 2.24) is 15.0 Å². The van der Waals surface area contributed by atoms with Crippen LogP contribution in [0.25, 0.3) is 100 Å². The van der Waals surface area contributed by atoms with Gasteiger partial charge in [0, 0.05) is 34.6 Å². The molecule has 1 aliphatic rings. The molecule has 0 saturated heterocycles. The SMILES string of the molecule is c1ccc(-c2nc(-c3ccc(-c4ccc(-c5ccc6c7c(cccc57)-c5ccccc5-6)cc4)cc3)cc(-c3cccc(-c4cccnc4)c3)n2)cc1. The Kier molecular flexibility index (Phi) is 7.14. The molecule has 7 aromatic carbocycles. The lowest BCUT2D eigenvalue weighted by Gasteiger charge is -2.12. The van der Waals surface area contributed by atoms with Gasteiger partial charge in [0.15, 0.2) is 5.82 Å². The molecule has 1 aliphatic carbocycles. The Morgan fingerprint density at radius 3 is 1.60 bits per heavy atom. The van der Waals surface area contributed by atoms with Crippen molar-refractivity contribution in [3.63, 3.8) is 0 Å². The lowest BCUT2D eigenvalue weighted by atomic mass is 9.93. The first-order valence-electron chi connectivity index (χ1n) is 17.6. The highest BCUT2D eigenvalue weighted by atomic mass is 14.9. The minimum atomic E-state index is 0.700. The van der Waals surface area contributed by atoms with E-state index >= 15 is 0 Å². The van der Waals surface area contributed by atoms with E-state index in [2.05, 4.69) is 157 Å². The lowest BCUT2D eigenvalue weighted by molar-refractivity contribution is 1.18. The first kappa shape index (κ1) is 29.9. The number of rotatable bonds is 6. The molecule has 10 rings (SSSR count). The van der Waals surface area contributed by atoms with E-state index < -0.39 is 0 Å². The fraction of sp³-hybridized carbons (Fsp3) is 0. The van der Waals surface area contributed by atoms with E-state index in [0.717, 1.165) is 44.8 Å². The molecular formula is C49H31N3. The molecule has 242 valence electrons. The van der Waals surface area contributed by atoms with E-state index in [4.69, 9.17) is 9.97 Å². The zero-order chi connectivity index (χ0) is 34.4. The summed E-state index contributed by atoms with van der Waals surface area (Å²) < 4.78 is 0. The van der Waals surface area contributed by atoms with Gasteiger partial charge in [0.25, 0.3) is 0 Å². The second kappa shape index (κ2) is 12.4. The molecule has 2 aromatic heterocycles. The van der Waals surface area contributed by atoms with Crippen molar-refractivity contribution < 1.29 is 0 Å². The van der Waals surface area contributed by atoms with Crippen LogP contribution in [0.5, 0.6) is 0 Å². The van der Waals surface area contributed by atoms with Crippen molar-refractivity contribution in [3.8, 4) is 89.5 Å². The van der Waals surface area contributed by atoms with E-state index in [0.29, 0.717) is 5.82 Å². The van der Waals surface area contributed by atoms with Gasteiger partial charge in [0.1, 0.15) is 0 Å². The van der Waals surface area contributed by atoms with Crippen LogP contribution in [0.3, 0.4) is 0 Å². The fourth-order valence-electron chi connectivity index (χ4n) is 7.59. The van der Waals surface area contributed by atoms with Crippen LogP contribution < -0.4 is 0 Å². The third-order valence-corrected chi connectivity index (χ3v) is 10.2. The van der Waals surface area contributed by atoms with E-state index in [1.165, 1.54) is 49.7 Å². The van der Waals surface area contributed by atoms with Crippen LogP contribution in [0.4, 0.5) is 0 Å². The maximum absolute atomic E-state index is 5.06. The Bertz CT molecular complexity index is 2720. The van der Waals surface area contributed by atoms with Gasteiger partial charge in [-0.2, -0.15) is 0 Å². The van der Waals surface area contributed by atoms with Crippen LogP contribution in [0, 0.1) is 0 Å². The Labute approximate surface area is 302 Å². The van der Waals surface area contributed by atoms with Crippen molar-refractivity contribution in [1.29, 1.82) is 0 Å². The molecule has 0 fully saturated rings. The van der Waals surface area contributed by atoms with Gasteiger partial charge in [0.2, 0.25) is 0 Å². The minimum absolute atomic E-state index is 0.700. The Morgan fingerprint density at radius 2 is 0.865 bits per heavy atom. The molecule has 3 nitrogen and oxygen atoms in total. The molecule has 0 amide bonds. The molecule has 0 atom stereocenters. The first-order chi connectivity index (χ1) is 25.8. The number of pyridine rings is 1. The smallest absolute Gasteiger partial charge is 0.160 e. The van der Waals surface area contributed by atoms with Gasteiger partial charge in [-0.15, -0.1) is 0 Å². The second-order valence-electron chi connectivity index (χ2n) is 13.2. The van der Waals surface area contributed by atoms with Gasteiger partial charge in [-0.3, -0.25) is 4.98 Å². The highest BCUT2D eigenvalue weighted by Crippen LogP contribution is 2.49. The van der Waals surface area contributed by atoms with Crippen molar-refractivity contribution >= 4 is 10.8 Å². The van der Waals surface area contributed by atoms with Gasteiger partial charge < -0.3 is 0 Å². The first-order valence-corrected chi connectivity index (χ1v) is 17.6. The summed E-state index contributed by atoms with van der Waals surface area (Å²) in [5, 5.41) is 2.65. The van der Waals surface area contributed by atoms with Crippen LogP contribution >= 0.6 is 0 Å². The average Bonchev–Trinajstić information content (AvgIpc) is 3.56. The van der Waals surface area contributed by atoms with Crippen molar-refractivity contribution in [3.05, 3.63) is 188 Å². The predicted molar refractivity (Wildman–Crippen MR) is 214 cm³/mol. The Morgan fingerprint density at radius 1 is 0.308 bits per heavy atom. The standard InChI is InChI=1S/C49H31N3/c1-2-9-36(10-3-1)49-51-46(30-47(52-49)38-12-6-11-37(29-38)39-13-8-28-50-31-39)35-24-20-33(21-25-35)32-18-22-34(23-19-32)40-26-27-45-42-15-5-4-14-41(42)44-17-7-16-43(40)48(44)45/h1-31H. The molecule has 9 aromatic rings. The largest absolute Gasteiger partial charge is 0.264 e. The molecule has 0 saturated carbocycles. The molecule has 3 heteroatoms. The number of benzene rings is 7. The topological polar surface area (TPSA) is 38.7 Å². The maximum atomic E-state index is 5.06. The quantitative estimate of drug-likeness (QED) is 0.178. The third kappa shape index (κ3) is 5.19. The van der Waals surface area contributed by atoms with Crippen LogP contribution in [-0.2, 0) is 0 Å². The zero-order valence-electron chi connectivity index (χ0n) is 28.2. The number of hydrogen-bond donors (Lipinski definition) is 0. The fourth-order valence-corrected chi connectivity index (χ4v) is 7.59. The second-order valence-corrected chi connectivity index (χ2v) is 13.2. The van der Waals surface area contributed by atoms with Gasteiger partial charge >= 0.3 is 0 Å². The third-order valence-electron chi connectivity index (χ3n) is 10.2. The summed E-state index contributed by atoms with van der Waals surface area (Å²) in [5.74, 6) is 0.700. The van der Waals surface area contributed by atoms with Crippen LogP contribution in [-0.4, -0.2) is 15.0 Å². The summed E-state index contributed by atoms with van der Waals surface area (Å²) in [6.45, 7) is 0. The molecule has 0 spiro atoms. The summed E-state index contributed by atoms with van der Waals surface area (Å²) in [6, 6.07) is 62.4. The van der Waals surface area contributed by atoms with Crippen molar-refractivity contribution in [2.24, 2.45) is 0 Å². The van der Waals surface area contributed by atoms with E-state index in [1.54, 1.807) is 6.20 Å². The van der Waals surface area contributed by atoms with Crippen LogP contribution in [0.1, 0.15) is 0 Å². The number of hydrogen-bond acceptors (Lipinski definition) is 3. The minimum Gasteiger partial charge on any atom is -0.264 e. The normalized spacial score (nSPS) is 11.5. The zero-order valence-corrected chi connectivity index (χ0v) is 28.2. The number of aromatic nitrogens is 3. The summed E-state index contributed by atoms with van der Waals surface area (Å²) in [5.41, 5.74) is 17.1. The molecular weight excluding hydrogens is 631 g/mol. The highest BCUT2D eigenvalue weighted by molar-refractivity contribution is 6.18. The van der Waals surface area contributed by atoms with E-state index in [-0.39, 0.29) is 0 Å². The number of nitrogens with zero attached hydrogens (tertiary/aromatic N) is 3. The van der Waals surface area contributed by atoms with E-state index in [9.17, 15) is 0 Å². The molecule has 0 radical (unpaired) electrons. The lowest BCUT2D eigenvalue weighted by Crippen LogP contribution is -1.96.